The molecular weight excluding hydrogens is 400 g/mol. The van der Waals surface area contributed by atoms with Crippen molar-refractivity contribution in [2.24, 2.45) is 13.0 Å². The van der Waals surface area contributed by atoms with Crippen LogP contribution in [0.15, 0.2) is 60.9 Å². The van der Waals surface area contributed by atoms with E-state index >= 15 is 0 Å². The van der Waals surface area contributed by atoms with E-state index in [0.717, 1.165) is 34.7 Å². The second-order valence-corrected chi connectivity index (χ2v) is 7.56. The number of nitrogens with zero attached hydrogens (tertiary/aromatic N) is 2. The van der Waals surface area contributed by atoms with Gasteiger partial charge in [0.15, 0.2) is 0 Å². The lowest BCUT2D eigenvalue weighted by atomic mass is 9.90. The lowest BCUT2D eigenvalue weighted by Gasteiger charge is -2.18. The first-order valence-electron chi connectivity index (χ1n) is 9.89. The second kappa shape index (κ2) is 9.78. The third-order valence-electron chi connectivity index (χ3n) is 5.35. The molecule has 0 aliphatic carbocycles. The van der Waals surface area contributed by atoms with Gasteiger partial charge in [0.2, 0.25) is 5.91 Å². The van der Waals surface area contributed by atoms with Gasteiger partial charge in [-0.15, -0.1) is 12.4 Å². The zero-order valence-corrected chi connectivity index (χ0v) is 18.0. The molecule has 0 unspecified atom stereocenters. The fraction of sp³-hybridized carbons (Fsp3) is 0.304. The Kier molecular flexibility index (Phi) is 7.13. The van der Waals surface area contributed by atoms with Crippen molar-refractivity contribution in [2.45, 2.75) is 19.4 Å². The molecule has 2 aromatic carbocycles. The Morgan fingerprint density at radius 1 is 1.23 bits per heavy atom. The van der Waals surface area contributed by atoms with E-state index in [1.165, 1.54) is 0 Å². The van der Waals surface area contributed by atoms with Gasteiger partial charge in [-0.3, -0.25) is 9.48 Å². The van der Waals surface area contributed by atoms with Crippen LogP contribution in [-0.4, -0.2) is 28.8 Å². The smallest absolute Gasteiger partial charge is 0.225 e. The Morgan fingerprint density at radius 2 is 2.03 bits per heavy atom. The molecule has 158 valence electrons. The van der Waals surface area contributed by atoms with E-state index in [2.05, 4.69) is 15.7 Å². The van der Waals surface area contributed by atoms with Crippen LogP contribution in [0.1, 0.15) is 22.6 Å². The van der Waals surface area contributed by atoms with E-state index in [9.17, 15) is 4.79 Å². The highest BCUT2D eigenvalue weighted by atomic mass is 35.5. The molecule has 4 rings (SSSR count). The number of nitrogens with one attached hydrogen (secondary N) is 2. The van der Waals surface area contributed by atoms with Crippen molar-refractivity contribution >= 4 is 18.3 Å². The van der Waals surface area contributed by atoms with Crippen LogP contribution in [-0.2, 0) is 18.4 Å². The van der Waals surface area contributed by atoms with Crippen molar-refractivity contribution in [1.29, 1.82) is 0 Å². The SMILES string of the molecule is Cc1ccc(CNC(=O)[C@H]2CNC[C@@H]2c2cnn(C)c2)c(Oc2ccccc2)c1.Cl. The quantitative estimate of drug-likeness (QED) is 0.632. The summed E-state index contributed by atoms with van der Waals surface area (Å²) in [6, 6.07) is 15.7. The zero-order chi connectivity index (χ0) is 20.2. The monoisotopic (exact) mass is 426 g/mol. The van der Waals surface area contributed by atoms with Crippen molar-refractivity contribution in [3.63, 3.8) is 0 Å². The van der Waals surface area contributed by atoms with E-state index in [1.807, 2.05) is 74.9 Å². The summed E-state index contributed by atoms with van der Waals surface area (Å²) in [6.07, 6.45) is 3.84. The van der Waals surface area contributed by atoms with Gasteiger partial charge >= 0.3 is 0 Å². The molecule has 1 aliphatic rings. The van der Waals surface area contributed by atoms with Gasteiger partial charge in [0.25, 0.3) is 0 Å². The number of ether oxygens (including phenoxy) is 1. The lowest BCUT2D eigenvalue weighted by molar-refractivity contribution is -0.125. The number of hydrogen-bond acceptors (Lipinski definition) is 4. The number of carbonyl (C=O) groups is 1. The molecule has 7 heteroatoms. The van der Waals surface area contributed by atoms with E-state index in [0.29, 0.717) is 13.1 Å². The zero-order valence-electron chi connectivity index (χ0n) is 17.2. The standard InChI is InChI=1S/C23H26N4O2.ClH/c1-16-8-9-17(22(10-16)29-19-6-4-3-5-7-19)11-25-23(28)21-14-24-13-20(21)18-12-26-27(2)15-18;/h3-10,12,15,20-21,24H,11,13-14H2,1-2H3,(H,25,28);1H/t20-,21+;/m1./s1. The molecule has 1 amide bonds. The fourth-order valence-electron chi connectivity index (χ4n) is 3.77. The van der Waals surface area contributed by atoms with Crippen LogP contribution in [0.2, 0.25) is 0 Å². The van der Waals surface area contributed by atoms with Crippen molar-refractivity contribution in [3.8, 4) is 11.5 Å². The molecule has 0 bridgehead atoms. The van der Waals surface area contributed by atoms with E-state index in [4.69, 9.17) is 4.74 Å². The van der Waals surface area contributed by atoms with Gasteiger partial charge in [0, 0.05) is 44.4 Å². The predicted octanol–water partition coefficient (Wildman–Crippen LogP) is 3.56. The molecule has 2 N–H and O–H groups in total. The molecule has 0 saturated carbocycles. The third kappa shape index (κ3) is 5.01. The molecule has 1 aliphatic heterocycles. The summed E-state index contributed by atoms with van der Waals surface area (Å²) in [4.78, 5) is 12.9. The number of aryl methyl sites for hydroxylation is 2. The minimum Gasteiger partial charge on any atom is -0.457 e. The topological polar surface area (TPSA) is 68.2 Å². The number of benzene rings is 2. The van der Waals surface area contributed by atoms with Crippen LogP contribution in [0.25, 0.3) is 0 Å². The minimum atomic E-state index is -0.108. The average molecular weight is 427 g/mol. The van der Waals surface area contributed by atoms with Crippen molar-refractivity contribution < 1.29 is 9.53 Å². The summed E-state index contributed by atoms with van der Waals surface area (Å²) in [6.45, 7) is 3.92. The molecule has 1 fully saturated rings. The summed E-state index contributed by atoms with van der Waals surface area (Å²) >= 11 is 0. The van der Waals surface area contributed by atoms with Crippen LogP contribution in [0, 0.1) is 12.8 Å². The van der Waals surface area contributed by atoms with E-state index in [-0.39, 0.29) is 30.2 Å². The van der Waals surface area contributed by atoms with Crippen LogP contribution >= 0.6 is 12.4 Å². The van der Waals surface area contributed by atoms with Crippen molar-refractivity contribution in [2.75, 3.05) is 13.1 Å². The second-order valence-electron chi connectivity index (χ2n) is 7.56. The molecule has 2 heterocycles. The maximum atomic E-state index is 12.9. The highest BCUT2D eigenvalue weighted by molar-refractivity contribution is 5.85. The highest BCUT2D eigenvalue weighted by Crippen LogP contribution is 2.29. The summed E-state index contributed by atoms with van der Waals surface area (Å²) in [5.74, 6) is 1.63. The Hall–Kier alpha value is -2.83. The maximum Gasteiger partial charge on any atom is 0.225 e. The molecule has 0 spiro atoms. The van der Waals surface area contributed by atoms with Crippen LogP contribution in [0.3, 0.4) is 0 Å². The third-order valence-corrected chi connectivity index (χ3v) is 5.35. The summed E-state index contributed by atoms with van der Waals surface area (Å²) in [5.41, 5.74) is 3.17. The molecule has 1 saturated heterocycles. The van der Waals surface area contributed by atoms with Gasteiger partial charge in [0.05, 0.1) is 12.1 Å². The van der Waals surface area contributed by atoms with E-state index in [1.54, 1.807) is 4.68 Å². The normalized spacial score (nSPS) is 17.9. The van der Waals surface area contributed by atoms with Gasteiger partial charge in [-0.25, -0.2) is 0 Å². The number of hydrogen-bond donors (Lipinski definition) is 2. The average Bonchev–Trinajstić information content (AvgIpc) is 3.37. The largest absolute Gasteiger partial charge is 0.457 e. The number of aromatic nitrogens is 2. The number of para-hydroxylation sites is 1. The van der Waals surface area contributed by atoms with Gasteiger partial charge in [-0.05, 0) is 36.2 Å². The first kappa shape index (κ1) is 21.9. The molecular formula is C23H27ClN4O2. The van der Waals surface area contributed by atoms with Gasteiger partial charge in [0.1, 0.15) is 11.5 Å². The molecule has 2 atom stereocenters. The highest BCUT2D eigenvalue weighted by Gasteiger charge is 2.34. The number of halogens is 1. The first-order chi connectivity index (χ1) is 14.1. The van der Waals surface area contributed by atoms with Crippen LogP contribution in [0.4, 0.5) is 0 Å². The van der Waals surface area contributed by atoms with Crippen molar-refractivity contribution in [3.05, 3.63) is 77.6 Å². The number of carbonyl (C=O) groups excluding carboxylic acids is 1. The van der Waals surface area contributed by atoms with E-state index < -0.39 is 0 Å². The summed E-state index contributed by atoms with van der Waals surface area (Å²) < 4.78 is 7.85. The Balaban J connectivity index is 0.00000256. The lowest BCUT2D eigenvalue weighted by Crippen LogP contribution is -2.34. The molecule has 1 aromatic heterocycles. The summed E-state index contributed by atoms with van der Waals surface area (Å²) in [5, 5.41) is 10.7. The number of rotatable bonds is 6. The fourth-order valence-corrected chi connectivity index (χ4v) is 3.77. The van der Waals surface area contributed by atoms with Gasteiger partial charge in [-0.2, -0.15) is 5.10 Å². The Labute approximate surface area is 183 Å². The van der Waals surface area contributed by atoms with Gasteiger partial charge in [-0.1, -0.05) is 30.3 Å². The molecule has 3 aromatic rings. The van der Waals surface area contributed by atoms with Gasteiger partial charge < -0.3 is 15.4 Å². The number of amides is 1. The van der Waals surface area contributed by atoms with Crippen molar-refractivity contribution in [1.82, 2.24) is 20.4 Å². The van der Waals surface area contributed by atoms with Crippen LogP contribution < -0.4 is 15.4 Å². The Morgan fingerprint density at radius 3 is 2.77 bits per heavy atom. The summed E-state index contributed by atoms with van der Waals surface area (Å²) in [7, 11) is 1.90. The first-order valence-corrected chi connectivity index (χ1v) is 9.89. The molecule has 30 heavy (non-hydrogen) atoms. The molecule has 6 nitrogen and oxygen atoms in total. The maximum absolute atomic E-state index is 12.9. The van der Waals surface area contributed by atoms with Crippen LogP contribution in [0.5, 0.6) is 11.5 Å². The minimum absolute atomic E-state index is 0. The Bertz CT molecular complexity index is 990. The predicted molar refractivity (Wildman–Crippen MR) is 119 cm³/mol. The molecule has 0 radical (unpaired) electrons.